The second-order valence-electron chi connectivity index (χ2n) is 5.62. The van der Waals surface area contributed by atoms with Gasteiger partial charge in [0.1, 0.15) is 17.2 Å². The van der Waals surface area contributed by atoms with Crippen LogP contribution in [-0.2, 0) is 11.3 Å². The lowest BCUT2D eigenvalue weighted by molar-refractivity contribution is 0.0594. The molecule has 0 saturated carbocycles. The average molecular weight is 361 g/mol. The van der Waals surface area contributed by atoms with Crippen LogP contribution < -0.4 is 5.32 Å². The average Bonchev–Trinajstić information content (AvgIpc) is 3.16. The minimum absolute atomic E-state index is 0.261. The number of carbonyl (C=O) groups is 1. The van der Waals surface area contributed by atoms with Crippen molar-refractivity contribution < 1.29 is 9.53 Å². The van der Waals surface area contributed by atoms with Crippen LogP contribution in [0.1, 0.15) is 16.1 Å². The summed E-state index contributed by atoms with van der Waals surface area (Å²) in [6.45, 7) is 0.464. The van der Waals surface area contributed by atoms with E-state index in [0.29, 0.717) is 29.5 Å². The number of nitrogens with zero attached hydrogens (tertiary/aromatic N) is 6. The van der Waals surface area contributed by atoms with Crippen LogP contribution >= 0.6 is 0 Å². The molecule has 9 heteroatoms. The molecule has 134 valence electrons. The summed E-state index contributed by atoms with van der Waals surface area (Å²) in [5, 5.41) is 16.0. The fourth-order valence-electron chi connectivity index (χ4n) is 2.53. The number of methoxy groups -OCH3 is 1. The standard InChI is InChI=1S/C18H15N7O2/c1-27-18(26)14-10-12(7-9-20-14)11-21-15-5-6-16-22-23-17(25(16)24-15)13-4-2-3-8-19-13/h2-10H,11H2,1H3,(H,21,24). The third-order valence-corrected chi connectivity index (χ3v) is 3.85. The molecule has 0 aliphatic rings. The molecule has 0 bridgehead atoms. The van der Waals surface area contributed by atoms with Crippen molar-refractivity contribution in [2.24, 2.45) is 0 Å². The van der Waals surface area contributed by atoms with Crippen LogP contribution in [-0.4, -0.2) is 42.9 Å². The predicted molar refractivity (Wildman–Crippen MR) is 96.9 cm³/mol. The monoisotopic (exact) mass is 361 g/mol. The van der Waals surface area contributed by atoms with Gasteiger partial charge in [0.25, 0.3) is 0 Å². The Morgan fingerprint density at radius 3 is 2.85 bits per heavy atom. The molecule has 9 nitrogen and oxygen atoms in total. The Balaban J connectivity index is 1.57. The van der Waals surface area contributed by atoms with Crippen molar-refractivity contribution in [1.29, 1.82) is 0 Å². The summed E-state index contributed by atoms with van der Waals surface area (Å²) >= 11 is 0. The maximum atomic E-state index is 11.6. The van der Waals surface area contributed by atoms with Gasteiger partial charge in [0, 0.05) is 18.9 Å². The predicted octanol–water partition coefficient (Wildman–Crippen LogP) is 1.98. The molecule has 4 aromatic rings. The number of esters is 1. The summed E-state index contributed by atoms with van der Waals surface area (Å²) in [5.74, 6) is 0.725. The highest BCUT2D eigenvalue weighted by molar-refractivity contribution is 5.87. The minimum atomic E-state index is -0.471. The molecular weight excluding hydrogens is 346 g/mol. The molecule has 0 aromatic carbocycles. The van der Waals surface area contributed by atoms with Crippen molar-refractivity contribution in [3.63, 3.8) is 0 Å². The highest BCUT2D eigenvalue weighted by atomic mass is 16.5. The third-order valence-electron chi connectivity index (χ3n) is 3.85. The van der Waals surface area contributed by atoms with Crippen molar-refractivity contribution in [3.05, 3.63) is 66.1 Å². The number of carbonyl (C=O) groups excluding carboxylic acids is 1. The molecule has 4 heterocycles. The molecule has 0 saturated heterocycles. The lowest BCUT2D eigenvalue weighted by Crippen LogP contribution is -2.08. The number of nitrogens with one attached hydrogen (secondary N) is 1. The summed E-state index contributed by atoms with van der Waals surface area (Å²) in [7, 11) is 1.33. The Morgan fingerprint density at radius 2 is 2.04 bits per heavy atom. The van der Waals surface area contributed by atoms with Gasteiger partial charge < -0.3 is 10.1 Å². The Labute approximate surface area is 154 Å². The minimum Gasteiger partial charge on any atom is -0.464 e. The smallest absolute Gasteiger partial charge is 0.356 e. The van der Waals surface area contributed by atoms with E-state index >= 15 is 0 Å². The first-order valence-corrected chi connectivity index (χ1v) is 8.15. The van der Waals surface area contributed by atoms with Crippen LogP contribution in [0.2, 0.25) is 0 Å². The zero-order valence-electron chi connectivity index (χ0n) is 14.4. The van der Waals surface area contributed by atoms with E-state index in [0.717, 1.165) is 5.56 Å². The first-order valence-electron chi connectivity index (χ1n) is 8.15. The van der Waals surface area contributed by atoms with Crippen molar-refractivity contribution in [1.82, 2.24) is 29.8 Å². The number of hydrogen-bond acceptors (Lipinski definition) is 8. The number of ether oxygens (including phenoxy) is 1. The van der Waals surface area contributed by atoms with Crippen molar-refractivity contribution in [3.8, 4) is 11.5 Å². The van der Waals surface area contributed by atoms with Gasteiger partial charge in [0.15, 0.2) is 5.65 Å². The molecule has 0 fully saturated rings. The normalized spacial score (nSPS) is 10.7. The largest absolute Gasteiger partial charge is 0.464 e. The van der Waals surface area contributed by atoms with Crippen LogP contribution in [0.5, 0.6) is 0 Å². The maximum Gasteiger partial charge on any atom is 0.356 e. The number of pyridine rings is 2. The van der Waals surface area contributed by atoms with E-state index in [9.17, 15) is 4.79 Å². The fourth-order valence-corrected chi connectivity index (χ4v) is 2.53. The SMILES string of the molecule is COC(=O)c1cc(CNc2ccc3nnc(-c4ccccn4)n3n2)ccn1. The maximum absolute atomic E-state index is 11.6. The Kier molecular flexibility index (Phi) is 4.40. The molecule has 4 rings (SSSR count). The molecule has 0 spiro atoms. The lowest BCUT2D eigenvalue weighted by Gasteiger charge is -2.07. The summed E-state index contributed by atoms with van der Waals surface area (Å²) in [6.07, 6.45) is 3.26. The molecule has 0 atom stereocenters. The van der Waals surface area contributed by atoms with Gasteiger partial charge in [-0.1, -0.05) is 6.07 Å². The van der Waals surface area contributed by atoms with Gasteiger partial charge in [-0.25, -0.2) is 9.78 Å². The van der Waals surface area contributed by atoms with Crippen LogP contribution in [0, 0.1) is 0 Å². The van der Waals surface area contributed by atoms with Crippen molar-refractivity contribution >= 4 is 17.4 Å². The molecule has 27 heavy (non-hydrogen) atoms. The zero-order chi connectivity index (χ0) is 18.6. The van der Waals surface area contributed by atoms with Gasteiger partial charge in [0.2, 0.25) is 5.82 Å². The number of aromatic nitrogens is 6. The highest BCUT2D eigenvalue weighted by Gasteiger charge is 2.11. The summed E-state index contributed by atoms with van der Waals surface area (Å²) in [5.41, 5.74) is 2.45. The number of fused-ring (bicyclic) bond motifs is 1. The van der Waals surface area contributed by atoms with Crippen LogP contribution in [0.15, 0.2) is 54.9 Å². The zero-order valence-corrected chi connectivity index (χ0v) is 14.4. The summed E-state index contributed by atoms with van der Waals surface area (Å²) in [6, 6.07) is 12.7. The van der Waals surface area contributed by atoms with Gasteiger partial charge in [-0.05, 0) is 42.0 Å². The molecule has 0 unspecified atom stereocenters. The topological polar surface area (TPSA) is 107 Å². The summed E-state index contributed by atoms with van der Waals surface area (Å²) < 4.78 is 6.33. The van der Waals surface area contributed by atoms with Crippen LogP contribution in [0.3, 0.4) is 0 Å². The Hall–Kier alpha value is -3.88. The molecule has 4 aromatic heterocycles. The first kappa shape index (κ1) is 16.6. The van der Waals surface area contributed by atoms with E-state index in [-0.39, 0.29) is 5.69 Å². The first-order chi connectivity index (χ1) is 13.2. The van der Waals surface area contributed by atoms with E-state index in [1.807, 2.05) is 36.4 Å². The number of hydrogen-bond donors (Lipinski definition) is 1. The molecule has 0 aliphatic carbocycles. The molecular formula is C18H15N7O2. The van der Waals surface area contributed by atoms with Gasteiger partial charge in [-0.15, -0.1) is 15.3 Å². The Bertz CT molecular complexity index is 1100. The quantitative estimate of drug-likeness (QED) is 0.538. The third kappa shape index (κ3) is 3.43. The lowest BCUT2D eigenvalue weighted by atomic mass is 10.2. The van der Waals surface area contributed by atoms with Crippen LogP contribution in [0.25, 0.3) is 17.2 Å². The second-order valence-corrected chi connectivity index (χ2v) is 5.62. The molecule has 0 aliphatic heterocycles. The number of rotatable bonds is 5. The van der Waals surface area contributed by atoms with Crippen molar-refractivity contribution in [2.45, 2.75) is 6.54 Å². The van der Waals surface area contributed by atoms with Crippen molar-refractivity contribution in [2.75, 3.05) is 12.4 Å². The van der Waals surface area contributed by atoms with E-state index in [2.05, 4.69) is 30.6 Å². The van der Waals surface area contributed by atoms with Crippen LogP contribution in [0.4, 0.5) is 5.82 Å². The van der Waals surface area contributed by atoms with E-state index in [1.165, 1.54) is 7.11 Å². The van der Waals surface area contributed by atoms with Gasteiger partial charge in [-0.2, -0.15) is 4.52 Å². The van der Waals surface area contributed by atoms with Gasteiger partial charge >= 0.3 is 5.97 Å². The highest BCUT2D eigenvalue weighted by Crippen LogP contribution is 2.16. The Morgan fingerprint density at radius 1 is 1.11 bits per heavy atom. The van der Waals surface area contributed by atoms with E-state index in [1.54, 1.807) is 23.0 Å². The summed E-state index contributed by atoms with van der Waals surface area (Å²) in [4.78, 5) is 19.9. The van der Waals surface area contributed by atoms with Gasteiger partial charge in [-0.3, -0.25) is 4.98 Å². The molecule has 1 N–H and O–H groups in total. The fraction of sp³-hybridized carbons (Fsp3) is 0.111. The molecule has 0 radical (unpaired) electrons. The number of anilines is 1. The van der Waals surface area contributed by atoms with Gasteiger partial charge in [0.05, 0.1) is 7.11 Å². The van der Waals surface area contributed by atoms with E-state index in [4.69, 9.17) is 4.74 Å². The molecule has 0 amide bonds. The second kappa shape index (κ2) is 7.16. The van der Waals surface area contributed by atoms with E-state index < -0.39 is 5.97 Å².